The number of aliphatic hydroxyl groups excluding tert-OH is 2. The van der Waals surface area contributed by atoms with E-state index in [1.165, 1.54) is 12.3 Å². The van der Waals surface area contributed by atoms with Gasteiger partial charge in [-0.05, 0) is 6.07 Å². The predicted octanol–water partition coefficient (Wildman–Crippen LogP) is -2.56. The number of aromatic nitrogens is 2. The molecule has 0 unspecified atom stereocenters. The molecular weight excluding hydrogens is 254 g/mol. The minimum Gasteiger partial charge on any atom is -0.394 e. The lowest BCUT2D eigenvalue weighted by atomic mass is 9.93. The summed E-state index contributed by atoms with van der Waals surface area (Å²) in [5, 5.41) is 29.2. The Morgan fingerprint density at radius 2 is 2.37 bits per heavy atom. The van der Waals surface area contributed by atoms with Gasteiger partial charge in [0.05, 0.1) is 6.61 Å². The van der Waals surface area contributed by atoms with Crippen LogP contribution in [0.3, 0.4) is 0 Å². The molecule has 0 aromatic carbocycles. The second-order valence-corrected chi connectivity index (χ2v) is 4.15. The van der Waals surface area contributed by atoms with Crippen LogP contribution in [0.5, 0.6) is 0 Å². The molecule has 1 aromatic rings. The van der Waals surface area contributed by atoms with E-state index in [0.717, 1.165) is 4.57 Å². The minimum absolute atomic E-state index is 0.0136. The smallest absolute Gasteiger partial charge is 0.351 e. The first-order valence-corrected chi connectivity index (χ1v) is 5.43. The van der Waals surface area contributed by atoms with Crippen molar-refractivity contribution in [1.82, 2.24) is 9.55 Å². The number of hydrogen-bond donors (Lipinski definition) is 4. The first kappa shape index (κ1) is 13.5. The maximum Gasteiger partial charge on any atom is 0.351 e. The largest absolute Gasteiger partial charge is 0.394 e. The number of rotatable bonds is 2. The highest BCUT2D eigenvalue weighted by molar-refractivity contribution is 5.24. The number of terminal acetylenes is 1. The zero-order valence-corrected chi connectivity index (χ0v) is 9.80. The number of nitrogen functional groups attached to an aromatic ring is 1. The van der Waals surface area contributed by atoms with Crippen molar-refractivity contribution >= 4 is 5.82 Å². The maximum atomic E-state index is 11.7. The van der Waals surface area contributed by atoms with Gasteiger partial charge in [-0.25, -0.2) is 4.79 Å². The van der Waals surface area contributed by atoms with Gasteiger partial charge < -0.3 is 25.8 Å². The SMILES string of the molecule is C#C[C@]1(O)[C@@H](CO)O[C@@H](n2ccc(N)nc2=O)[C@@H]1O. The van der Waals surface area contributed by atoms with Gasteiger partial charge in [-0.2, -0.15) is 4.98 Å². The van der Waals surface area contributed by atoms with Crippen molar-refractivity contribution < 1.29 is 20.1 Å². The summed E-state index contributed by atoms with van der Waals surface area (Å²) in [6, 6.07) is 1.33. The molecule has 0 radical (unpaired) electrons. The van der Waals surface area contributed by atoms with Gasteiger partial charge >= 0.3 is 5.69 Å². The van der Waals surface area contributed by atoms with Crippen molar-refractivity contribution in [3.05, 3.63) is 22.7 Å². The quantitative estimate of drug-likeness (QED) is 0.433. The monoisotopic (exact) mass is 267 g/mol. The zero-order chi connectivity index (χ0) is 14.2. The van der Waals surface area contributed by atoms with Gasteiger partial charge in [-0.1, -0.05) is 5.92 Å². The van der Waals surface area contributed by atoms with Crippen molar-refractivity contribution in [3.63, 3.8) is 0 Å². The van der Waals surface area contributed by atoms with Gasteiger partial charge in [0, 0.05) is 6.20 Å². The molecular formula is C11H13N3O5. The molecule has 4 atom stereocenters. The van der Waals surface area contributed by atoms with Crippen molar-refractivity contribution in [2.24, 2.45) is 0 Å². The first-order valence-electron chi connectivity index (χ1n) is 5.43. The van der Waals surface area contributed by atoms with Gasteiger partial charge in [-0.3, -0.25) is 4.57 Å². The van der Waals surface area contributed by atoms with Gasteiger partial charge in [0.1, 0.15) is 18.0 Å². The summed E-state index contributed by atoms with van der Waals surface area (Å²) in [4.78, 5) is 15.1. The topological polar surface area (TPSA) is 131 Å². The fourth-order valence-corrected chi connectivity index (χ4v) is 1.95. The summed E-state index contributed by atoms with van der Waals surface area (Å²) in [5.74, 6) is 2.00. The summed E-state index contributed by atoms with van der Waals surface area (Å²) in [5.41, 5.74) is 2.50. The second-order valence-electron chi connectivity index (χ2n) is 4.15. The highest BCUT2D eigenvalue weighted by Crippen LogP contribution is 2.35. The predicted molar refractivity (Wildman–Crippen MR) is 63.7 cm³/mol. The van der Waals surface area contributed by atoms with Gasteiger partial charge in [0.2, 0.25) is 0 Å². The van der Waals surface area contributed by atoms with Crippen LogP contribution in [0.2, 0.25) is 0 Å². The van der Waals surface area contributed by atoms with E-state index in [2.05, 4.69) is 4.98 Å². The van der Waals surface area contributed by atoms with E-state index in [1.54, 1.807) is 0 Å². The van der Waals surface area contributed by atoms with Crippen molar-refractivity contribution in [2.45, 2.75) is 24.0 Å². The summed E-state index contributed by atoms with van der Waals surface area (Å²) in [6.07, 6.45) is 2.37. The lowest BCUT2D eigenvalue weighted by molar-refractivity contribution is -0.0624. The summed E-state index contributed by atoms with van der Waals surface area (Å²) < 4.78 is 6.17. The van der Waals surface area contributed by atoms with Crippen LogP contribution in [0.15, 0.2) is 17.1 Å². The average Bonchev–Trinajstić information content (AvgIpc) is 2.63. The highest BCUT2D eigenvalue weighted by atomic mass is 16.6. The molecule has 5 N–H and O–H groups in total. The lowest BCUT2D eigenvalue weighted by Crippen LogP contribution is -2.48. The maximum absolute atomic E-state index is 11.7. The zero-order valence-electron chi connectivity index (χ0n) is 9.80. The third-order valence-electron chi connectivity index (χ3n) is 3.04. The molecule has 2 heterocycles. The van der Waals surface area contributed by atoms with E-state index in [0.29, 0.717) is 0 Å². The Morgan fingerprint density at radius 1 is 1.68 bits per heavy atom. The molecule has 8 nitrogen and oxygen atoms in total. The van der Waals surface area contributed by atoms with Crippen LogP contribution in [0.25, 0.3) is 0 Å². The minimum atomic E-state index is -2.08. The molecule has 8 heteroatoms. The Labute approximate surface area is 108 Å². The van der Waals surface area contributed by atoms with E-state index < -0.39 is 36.3 Å². The Bertz CT molecular complexity index is 580. The Kier molecular flexibility index (Phi) is 3.30. The van der Waals surface area contributed by atoms with Crippen LogP contribution in [0, 0.1) is 12.3 Å². The number of nitrogens with two attached hydrogens (primary N) is 1. The molecule has 1 fully saturated rings. The number of ether oxygens (including phenoxy) is 1. The molecule has 0 aliphatic carbocycles. The molecule has 19 heavy (non-hydrogen) atoms. The van der Waals surface area contributed by atoms with Gasteiger partial charge in [-0.15, -0.1) is 6.42 Å². The fourth-order valence-electron chi connectivity index (χ4n) is 1.95. The molecule has 102 valence electrons. The molecule has 1 aliphatic heterocycles. The third kappa shape index (κ3) is 1.98. The summed E-state index contributed by atoms with van der Waals surface area (Å²) >= 11 is 0. The first-order chi connectivity index (χ1) is 8.93. The molecule has 1 saturated heterocycles. The van der Waals surface area contributed by atoms with Gasteiger partial charge in [0.15, 0.2) is 11.8 Å². The number of aliphatic hydroxyl groups is 3. The fraction of sp³-hybridized carbons (Fsp3) is 0.455. The van der Waals surface area contributed by atoms with E-state index in [4.69, 9.17) is 22.0 Å². The van der Waals surface area contributed by atoms with Crippen LogP contribution in [0.4, 0.5) is 5.82 Å². The van der Waals surface area contributed by atoms with Crippen molar-refractivity contribution in [3.8, 4) is 12.3 Å². The standard InChI is InChI=1S/C11H13N3O5/c1-2-11(18)6(5-15)19-9(8(11)16)14-4-3-7(12)13-10(14)17/h1,3-4,6,8-9,15-16,18H,5H2,(H2,12,13,17)/t6-,8+,9-,11+/m1/s1. The second kappa shape index (κ2) is 4.64. The van der Waals surface area contributed by atoms with Crippen LogP contribution < -0.4 is 11.4 Å². The van der Waals surface area contributed by atoms with E-state index in [9.17, 15) is 15.0 Å². The molecule has 0 amide bonds. The molecule has 0 spiro atoms. The summed E-state index contributed by atoms with van der Waals surface area (Å²) in [6.45, 7) is -0.606. The van der Waals surface area contributed by atoms with E-state index in [-0.39, 0.29) is 5.82 Å². The molecule has 2 rings (SSSR count). The number of anilines is 1. The Hall–Kier alpha value is -1.92. The van der Waals surface area contributed by atoms with E-state index >= 15 is 0 Å². The highest BCUT2D eigenvalue weighted by Gasteiger charge is 2.55. The van der Waals surface area contributed by atoms with Crippen LogP contribution in [0.1, 0.15) is 6.23 Å². The molecule has 0 saturated carbocycles. The summed E-state index contributed by atoms with van der Waals surface area (Å²) in [7, 11) is 0. The van der Waals surface area contributed by atoms with Crippen LogP contribution >= 0.6 is 0 Å². The van der Waals surface area contributed by atoms with E-state index in [1.807, 2.05) is 5.92 Å². The number of nitrogens with zero attached hydrogens (tertiary/aromatic N) is 2. The Balaban J connectivity index is 2.43. The van der Waals surface area contributed by atoms with Gasteiger partial charge in [0.25, 0.3) is 0 Å². The lowest BCUT2D eigenvalue weighted by Gasteiger charge is -2.23. The molecule has 1 aromatic heterocycles. The third-order valence-corrected chi connectivity index (χ3v) is 3.04. The van der Waals surface area contributed by atoms with Crippen molar-refractivity contribution in [1.29, 1.82) is 0 Å². The van der Waals surface area contributed by atoms with Crippen LogP contribution in [-0.4, -0.2) is 49.3 Å². The molecule has 0 bridgehead atoms. The normalized spacial score (nSPS) is 34.1. The Morgan fingerprint density at radius 3 is 2.84 bits per heavy atom. The van der Waals surface area contributed by atoms with Crippen molar-refractivity contribution in [2.75, 3.05) is 12.3 Å². The number of hydrogen-bond acceptors (Lipinski definition) is 7. The molecule has 1 aliphatic rings. The average molecular weight is 267 g/mol. The van der Waals surface area contributed by atoms with Crippen LogP contribution in [-0.2, 0) is 4.74 Å².